The van der Waals surface area contributed by atoms with Gasteiger partial charge in [0.05, 0.1) is 0 Å². The van der Waals surface area contributed by atoms with Crippen LogP contribution in [0, 0.1) is 0 Å². The second-order valence-corrected chi connectivity index (χ2v) is 5.71. The Labute approximate surface area is 146 Å². The van der Waals surface area contributed by atoms with Gasteiger partial charge in [-0.25, -0.2) is 0 Å². The van der Waals surface area contributed by atoms with Gasteiger partial charge in [-0.05, 0) is 29.8 Å². The standard InChI is InChI=1S/C18H20ClN3O2/c1-13(23)22-16-7-4-6-15(11-16)20-10-9-18(24)21-12-14-5-2-3-8-17(14)19/h2-8,11,20H,9-10,12H2,1H3,(H,21,24)(H,22,23). The first kappa shape index (κ1) is 17.8. The summed E-state index contributed by atoms with van der Waals surface area (Å²) >= 11 is 6.05. The molecule has 0 aliphatic rings. The molecule has 2 aromatic carbocycles. The minimum atomic E-state index is -0.119. The van der Waals surface area contributed by atoms with Crippen LogP contribution in [0.5, 0.6) is 0 Å². The van der Waals surface area contributed by atoms with Crippen LogP contribution < -0.4 is 16.0 Å². The minimum Gasteiger partial charge on any atom is -0.384 e. The van der Waals surface area contributed by atoms with Crippen LogP contribution in [0.2, 0.25) is 5.02 Å². The number of amides is 2. The Morgan fingerprint density at radius 2 is 1.79 bits per heavy atom. The lowest BCUT2D eigenvalue weighted by atomic mass is 10.2. The SMILES string of the molecule is CC(=O)Nc1cccc(NCCC(=O)NCc2ccccc2Cl)c1. The Kier molecular flexibility index (Phi) is 6.63. The normalized spacial score (nSPS) is 10.1. The van der Waals surface area contributed by atoms with Crippen molar-refractivity contribution < 1.29 is 9.59 Å². The summed E-state index contributed by atoms with van der Waals surface area (Å²) in [5, 5.41) is 9.37. The Hall–Kier alpha value is -2.53. The van der Waals surface area contributed by atoms with E-state index >= 15 is 0 Å². The summed E-state index contributed by atoms with van der Waals surface area (Å²) in [6.45, 7) is 2.37. The van der Waals surface area contributed by atoms with Crippen LogP contribution in [-0.4, -0.2) is 18.4 Å². The number of nitrogens with one attached hydrogen (secondary N) is 3. The van der Waals surface area contributed by atoms with Crippen LogP contribution in [0.25, 0.3) is 0 Å². The fraction of sp³-hybridized carbons (Fsp3) is 0.222. The summed E-state index contributed by atoms with van der Waals surface area (Å²) < 4.78 is 0. The van der Waals surface area contributed by atoms with E-state index in [9.17, 15) is 9.59 Å². The molecule has 0 fully saturated rings. The van der Waals surface area contributed by atoms with E-state index in [1.807, 2.05) is 42.5 Å². The van der Waals surface area contributed by atoms with E-state index in [0.717, 1.165) is 16.9 Å². The van der Waals surface area contributed by atoms with E-state index in [0.29, 0.717) is 24.5 Å². The highest BCUT2D eigenvalue weighted by molar-refractivity contribution is 6.31. The summed E-state index contributed by atoms with van der Waals surface area (Å²) in [5.41, 5.74) is 2.46. The third-order valence-electron chi connectivity index (χ3n) is 3.30. The van der Waals surface area contributed by atoms with Crippen molar-refractivity contribution in [1.82, 2.24) is 5.32 Å². The molecular weight excluding hydrogens is 326 g/mol. The van der Waals surface area contributed by atoms with Crippen LogP contribution in [0.15, 0.2) is 48.5 Å². The molecule has 0 bridgehead atoms. The van der Waals surface area contributed by atoms with Crippen molar-refractivity contribution in [3.63, 3.8) is 0 Å². The molecule has 0 aliphatic carbocycles. The van der Waals surface area contributed by atoms with E-state index < -0.39 is 0 Å². The van der Waals surface area contributed by atoms with Crippen LogP contribution in [0.4, 0.5) is 11.4 Å². The molecule has 6 heteroatoms. The lowest BCUT2D eigenvalue weighted by molar-refractivity contribution is -0.121. The van der Waals surface area contributed by atoms with E-state index in [1.54, 1.807) is 6.07 Å². The minimum absolute atomic E-state index is 0.0552. The van der Waals surface area contributed by atoms with E-state index in [1.165, 1.54) is 6.92 Å². The van der Waals surface area contributed by atoms with Crippen molar-refractivity contribution in [2.75, 3.05) is 17.2 Å². The topological polar surface area (TPSA) is 70.2 Å². The fourth-order valence-electron chi connectivity index (χ4n) is 2.15. The number of benzene rings is 2. The summed E-state index contributed by atoms with van der Waals surface area (Å²) in [7, 11) is 0. The Morgan fingerprint density at radius 1 is 1.04 bits per heavy atom. The summed E-state index contributed by atoms with van der Waals surface area (Å²) in [6, 6.07) is 14.8. The fourth-order valence-corrected chi connectivity index (χ4v) is 2.36. The summed E-state index contributed by atoms with van der Waals surface area (Å²) in [4.78, 5) is 22.9. The average Bonchev–Trinajstić information content (AvgIpc) is 2.54. The molecule has 2 aromatic rings. The van der Waals surface area contributed by atoms with E-state index in [4.69, 9.17) is 11.6 Å². The van der Waals surface area contributed by atoms with Crippen molar-refractivity contribution in [3.8, 4) is 0 Å². The summed E-state index contributed by atoms with van der Waals surface area (Å²) in [5.74, 6) is -0.175. The average molecular weight is 346 g/mol. The van der Waals surface area contributed by atoms with Gasteiger partial charge < -0.3 is 16.0 Å². The third kappa shape index (κ3) is 5.93. The second-order valence-electron chi connectivity index (χ2n) is 5.31. The van der Waals surface area contributed by atoms with Crippen LogP contribution >= 0.6 is 11.6 Å². The predicted molar refractivity (Wildman–Crippen MR) is 97.2 cm³/mol. The van der Waals surface area contributed by atoms with Crippen molar-refractivity contribution >= 4 is 34.8 Å². The van der Waals surface area contributed by atoms with Gasteiger partial charge in [-0.2, -0.15) is 0 Å². The van der Waals surface area contributed by atoms with Gasteiger partial charge in [0.1, 0.15) is 0 Å². The first-order valence-electron chi connectivity index (χ1n) is 7.66. The van der Waals surface area contributed by atoms with Gasteiger partial charge in [-0.3, -0.25) is 9.59 Å². The molecule has 126 valence electrons. The monoisotopic (exact) mass is 345 g/mol. The quantitative estimate of drug-likeness (QED) is 0.720. The Bertz CT molecular complexity index is 719. The van der Waals surface area contributed by atoms with Crippen molar-refractivity contribution in [3.05, 3.63) is 59.1 Å². The molecule has 0 spiro atoms. The smallest absolute Gasteiger partial charge is 0.222 e. The number of halogens is 1. The Morgan fingerprint density at radius 3 is 2.54 bits per heavy atom. The highest BCUT2D eigenvalue weighted by Crippen LogP contribution is 2.15. The molecular formula is C18H20ClN3O2. The highest BCUT2D eigenvalue weighted by Gasteiger charge is 2.04. The lowest BCUT2D eigenvalue weighted by Gasteiger charge is -2.10. The molecule has 0 aliphatic heterocycles. The van der Waals surface area contributed by atoms with Gasteiger partial charge in [-0.15, -0.1) is 0 Å². The van der Waals surface area contributed by atoms with Gasteiger partial charge in [0, 0.05) is 42.8 Å². The third-order valence-corrected chi connectivity index (χ3v) is 3.67. The molecule has 2 rings (SSSR count). The number of rotatable bonds is 7. The molecule has 5 nitrogen and oxygen atoms in total. The van der Waals surface area contributed by atoms with Gasteiger partial charge >= 0.3 is 0 Å². The van der Waals surface area contributed by atoms with Crippen LogP contribution in [0.3, 0.4) is 0 Å². The Balaban J connectivity index is 1.74. The van der Waals surface area contributed by atoms with Crippen molar-refractivity contribution in [1.29, 1.82) is 0 Å². The van der Waals surface area contributed by atoms with Gasteiger partial charge in [0.2, 0.25) is 11.8 Å². The highest BCUT2D eigenvalue weighted by atomic mass is 35.5. The lowest BCUT2D eigenvalue weighted by Crippen LogP contribution is -2.25. The number of hydrogen-bond donors (Lipinski definition) is 3. The summed E-state index contributed by atoms with van der Waals surface area (Å²) in [6.07, 6.45) is 0.342. The van der Waals surface area contributed by atoms with Crippen LogP contribution in [0.1, 0.15) is 18.9 Å². The molecule has 0 saturated carbocycles. The molecule has 0 radical (unpaired) electrons. The number of carbonyl (C=O) groups is 2. The zero-order chi connectivity index (χ0) is 17.4. The zero-order valence-electron chi connectivity index (χ0n) is 13.4. The molecule has 0 atom stereocenters. The molecule has 24 heavy (non-hydrogen) atoms. The predicted octanol–water partition coefficient (Wildman–Crippen LogP) is 3.42. The first-order valence-corrected chi connectivity index (χ1v) is 8.04. The maximum Gasteiger partial charge on any atom is 0.222 e. The molecule has 2 amide bonds. The number of hydrogen-bond acceptors (Lipinski definition) is 3. The second kappa shape index (κ2) is 8.93. The molecule has 3 N–H and O–H groups in total. The van der Waals surface area contributed by atoms with E-state index in [-0.39, 0.29) is 11.8 Å². The maximum atomic E-state index is 11.9. The molecule has 0 saturated heterocycles. The first-order chi connectivity index (χ1) is 11.5. The number of carbonyl (C=O) groups excluding carboxylic acids is 2. The van der Waals surface area contributed by atoms with E-state index in [2.05, 4.69) is 16.0 Å². The molecule has 0 aromatic heterocycles. The van der Waals surface area contributed by atoms with Gasteiger partial charge in [0.15, 0.2) is 0 Å². The maximum absolute atomic E-state index is 11.9. The molecule has 0 heterocycles. The number of anilines is 2. The molecule has 0 unspecified atom stereocenters. The van der Waals surface area contributed by atoms with Crippen molar-refractivity contribution in [2.45, 2.75) is 19.9 Å². The largest absolute Gasteiger partial charge is 0.384 e. The van der Waals surface area contributed by atoms with Gasteiger partial charge in [-0.1, -0.05) is 35.9 Å². The van der Waals surface area contributed by atoms with Gasteiger partial charge in [0.25, 0.3) is 0 Å². The zero-order valence-corrected chi connectivity index (χ0v) is 14.2. The van der Waals surface area contributed by atoms with Crippen molar-refractivity contribution in [2.24, 2.45) is 0 Å². The van der Waals surface area contributed by atoms with Crippen LogP contribution in [-0.2, 0) is 16.1 Å².